The van der Waals surface area contributed by atoms with Gasteiger partial charge in [0.15, 0.2) is 0 Å². The highest BCUT2D eigenvalue weighted by Gasteiger charge is 2.34. The molecule has 41 heavy (non-hydrogen) atoms. The Labute approximate surface area is 251 Å². The second-order valence-corrected chi connectivity index (χ2v) is 12.6. The van der Waals surface area contributed by atoms with Gasteiger partial charge in [0, 0.05) is 22.6 Å². The van der Waals surface area contributed by atoms with Gasteiger partial charge in [-0.05, 0) is 61.7 Å². The van der Waals surface area contributed by atoms with Crippen molar-refractivity contribution in [3.63, 3.8) is 0 Å². The van der Waals surface area contributed by atoms with Gasteiger partial charge in [-0.25, -0.2) is 8.42 Å². The van der Waals surface area contributed by atoms with Crippen LogP contribution in [0.5, 0.6) is 5.75 Å². The summed E-state index contributed by atoms with van der Waals surface area (Å²) in [6.45, 7) is 1.02. The first-order valence-electron chi connectivity index (χ1n) is 13.4. The van der Waals surface area contributed by atoms with Gasteiger partial charge in [0.1, 0.15) is 18.3 Å². The summed E-state index contributed by atoms with van der Waals surface area (Å²) < 4.78 is 34.3. The van der Waals surface area contributed by atoms with Crippen LogP contribution in [-0.2, 0) is 26.2 Å². The number of sulfonamides is 1. The van der Waals surface area contributed by atoms with Crippen molar-refractivity contribution in [3.05, 3.63) is 88.4 Å². The van der Waals surface area contributed by atoms with E-state index in [1.807, 2.05) is 0 Å². The second-order valence-electron chi connectivity index (χ2n) is 9.92. The van der Waals surface area contributed by atoms with Crippen LogP contribution in [0.4, 0.5) is 5.69 Å². The number of ether oxygens (including phenoxy) is 1. The van der Waals surface area contributed by atoms with Crippen molar-refractivity contribution in [2.75, 3.05) is 18.0 Å². The Morgan fingerprint density at radius 3 is 2.32 bits per heavy atom. The molecule has 3 aromatic rings. The van der Waals surface area contributed by atoms with Gasteiger partial charge in [0.25, 0.3) is 10.0 Å². The van der Waals surface area contributed by atoms with Crippen LogP contribution in [0.1, 0.15) is 38.2 Å². The maximum absolute atomic E-state index is 14.1. The first-order chi connectivity index (χ1) is 19.6. The molecule has 1 atom stereocenters. The predicted octanol–water partition coefficient (Wildman–Crippen LogP) is 5.67. The normalized spacial score (nSPS) is 14.3. The number of nitrogens with zero attached hydrogens (tertiary/aromatic N) is 2. The molecule has 8 nitrogen and oxygen atoms in total. The van der Waals surface area contributed by atoms with E-state index in [0.29, 0.717) is 15.6 Å². The molecule has 0 saturated heterocycles. The summed E-state index contributed by atoms with van der Waals surface area (Å²) in [5, 5.41) is 3.81. The molecule has 1 N–H and O–H groups in total. The van der Waals surface area contributed by atoms with Crippen molar-refractivity contribution in [2.45, 2.75) is 56.1 Å². The number of rotatable bonds is 11. The number of amides is 2. The third-order valence-corrected chi connectivity index (χ3v) is 9.55. The SMILES string of the molecule is COc1ccccc1N(CC(=O)N(Cc1ccc(Cl)cc1Cl)C(C)C(=O)NC1CCCC1)S(=O)(=O)c1ccccc1. The van der Waals surface area contributed by atoms with Crippen molar-refractivity contribution < 1.29 is 22.7 Å². The first kappa shape index (κ1) is 30.7. The van der Waals surface area contributed by atoms with Crippen molar-refractivity contribution in [2.24, 2.45) is 0 Å². The maximum Gasteiger partial charge on any atom is 0.264 e. The molecule has 1 unspecified atom stereocenters. The number of hydrogen-bond acceptors (Lipinski definition) is 5. The summed E-state index contributed by atoms with van der Waals surface area (Å²) in [5.74, 6) is -0.625. The Morgan fingerprint density at radius 1 is 1.00 bits per heavy atom. The molecule has 4 rings (SSSR count). The molecule has 1 saturated carbocycles. The van der Waals surface area contributed by atoms with Gasteiger partial charge in [-0.1, -0.05) is 72.4 Å². The average molecular weight is 619 g/mol. The number of hydrogen-bond donors (Lipinski definition) is 1. The zero-order valence-corrected chi connectivity index (χ0v) is 25.3. The molecule has 0 heterocycles. The molecule has 1 aliphatic carbocycles. The summed E-state index contributed by atoms with van der Waals surface area (Å²) in [4.78, 5) is 28.8. The number of para-hydroxylation sites is 2. The summed E-state index contributed by atoms with van der Waals surface area (Å²) in [6.07, 6.45) is 3.83. The second kappa shape index (κ2) is 13.6. The van der Waals surface area contributed by atoms with Crippen molar-refractivity contribution >= 4 is 50.7 Å². The van der Waals surface area contributed by atoms with E-state index in [0.717, 1.165) is 30.0 Å². The molecule has 1 aliphatic rings. The highest BCUT2D eigenvalue weighted by Crippen LogP contribution is 2.33. The van der Waals surface area contributed by atoms with Gasteiger partial charge >= 0.3 is 0 Å². The van der Waals surface area contributed by atoms with E-state index in [1.165, 1.54) is 24.1 Å². The van der Waals surface area contributed by atoms with E-state index >= 15 is 0 Å². The summed E-state index contributed by atoms with van der Waals surface area (Å²) in [7, 11) is -2.78. The van der Waals surface area contributed by atoms with Gasteiger partial charge in [-0.3, -0.25) is 13.9 Å². The zero-order valence-electron chi connectivity index (χ0n) is 22.9. The molecule has 0 bridgehead atoms. The lowest BCUT2D eigenvalue weighted by Crippen LogP contribution is -2.52. The van der Waals surface area contributed by atoms with Gasteiger partial charge in [0.2, 0.25) is 11.8 Å². The van der Waals surface area contributed by atoms with Crippen molar-refractivity contribution in [1.82, 2.24) is 10.2 Å². The number of carbonyl (C=O) groups is 2. The van der Waals surface area contributed by atoms with Crippen LogP contribution in [0.15, 0.2) is 77.7 Å². The summed E-state index contributed by atoms with van der Waals surface area (Å²) in [6, 6.07) is 18.5. The topological polar surface area (TPSA) is 96.0 Å². The van der Waals surface area contributed by atoms with Gasteiger partial charge in [0.05, 0.1) is 17.7 Å². The number of nitrogens with one attached hydrogen (secondary N) is 1. The Hall–Kier alpha value is -3.27. The predicted molar refractivity (Wildman–Crippen MR) is 161 cm³/mol. The van der Waals surface area contributed by atoms with E-state index < -0.39 is 28.5 Å². The molecule has 0 spiro atoms. The Kier molecular flexibility index (Phi) is 10.2. The summed E-state index contributed by atoms with van der Waals surface area (Å²) >= 11 is 12.5. The largest absolute Gasteiger partial charge is 0.495 e. The van der Waals surface area contributed by atoms with E-state index in [1.54, 1.807) is 67.6 Å². The van der Waals surface area contributed by atoms with Crippen LogP contribution >= 0.6 is 23.2 Å². The van der Waals surface area contributed by atoms with Gasteiger partial charge in [-0.15, -0.1) is 0 Å². The standard InChI is InChI=1S/C30H33Cl2N3O5S/c1-21(30(37)33-24-10-6-7-11-24)34(19-22-16-17-23(31)18-26(22)32)29(36)20-35(27-14-8-9-15-28(27)40-2)41(38,39)25-12-4-3-5-13-25/h3-5,8-9,12-18,21,24H,6-7,10-11,19-20H2,1-2H3,(H,33,37). The molecule has 0 aliphatic heterocycles. The fourth-order valence-electron chi connectivity index (χ4n) is 4.88. The minimum absolute atomic E-state index is 0.0121. The van der Waals surface area contributed by atoms with Gasteiger partial charge < -0.3 is 15.0 Å². The fraction of sp³-hybridized carbons (Fsp3) is 0.333. The third kappa shape index (κ3) is 7.33. The highest BCUT2D eigenvalue weighted by molar-refractivity contribution is 7.92. The first-order valence-corrected chi connectivity index (χ1v) is 15.6. The van der Waals surface area contributed by atoms with Crippen molar-refractivity contribution in [1.29, 1.82) is 0 Å². The zero-order chi connectivity index (χ0) is 29.6. The lowest BCUT2D eigenvalue weighted by Gasteiger charge is -2.33. The average Bonchev–Trinajstić information content (AvgIpc) is 3.48. The van der Waals surface area contributed by atoms with E-state index in [2.05, 4.69) is 5.32 Å². The monoisotopic (exact) mass is 617 g/mol. The van der Waals surface area contributed by atoms with Crippen LogP contribution in [0.3, 0.4) is 0 Å². The van der Waals surface area contributed by atoms with Crippen molar-refractivity contribution in [3.8, 4) is 5.75 Å². The van der Waals surface area contributed by atoms with E-state index in [-0.39, 0.29) is 34.8 Å². The van der Waals surface area contributed by atoms with E-state index in [9.17, 15) is 18.0 Å². The smallest absolute Gasteiger partial charge is 0.264 e. The number of benzene rings is 3. The van der Waals surface area contributed by atoms with Crippen LogP contribution < -0.4 is 14.4 Å². The molecular weight excluding hydrogens is 585 g/mol. The third-order valence-electron chi connectivity index (χ3n) is 7.19. The molecule has 0 aromatic heterocycles. The van der Waals surface area contributed by atoms with Crippen LogP contribution in [0.25, 0.3) is 0 Å². The highest BCUT2D eigenvalue weighted by atomic mass is 35.5. The molecular formula is C30H33Cl2N3O5S. The summed E-state index contributed by atoms with van der Waals surface area (Å²) in [5.41, 5.74) is 0.763. The van der Waals surface area contributed by atoms with Gasteiger partial charge in [-0.2, -0.15) is 0 Å². The molecule has 11 heteroatoms. The van der Waals surface area contributed by atoms with Crippen LogP contribution in [0, 0.1) is 0 Å². The minimum atomic E-state index is -4.20. The molecule has 1 fully saturated rings. The number of anilines is 1. The van der Waals surface area contributed by atoms with Crippen LogP contribution in [0.2, 0.25) is 10.0 Å². The number of methoxy groups -OCH3 is 1. The minimum Gasteiger partial charge on any atom is -0.495 e. The molecule has 0 radical (unpaired) electrons. The van der Waals surface area contributed by atoms with Crippen LogP contribution in [-0.4, -0.2) is 50.9 Å². The maximum atomic E-state index is 14.1. The number of halogens is 2. The lowest BCUT2D eigenvalue weighted by atomic mass is 10.1. The molecule has 2 amide bonds. The number of carbonyl (C=O) groups excluding carboxylic acids is 2. The Morgan fingerprint density at radius 2 is 1.66 bits per heavy atom. The molecule has 218 valence electrons. The quantitative estimate of drug-likeness (QED) is 0.299. The van der Waals surface area contributed by atoms with E-state index in [4.69, 9.17) is 27.9 Å². The Bertz CT molecular complexity index is 1480. The Balaban J connectivity index is 1.72. The molecule has 3 aromatic carbocycles. The fourth-order valence-corrected chi connectivity index (χ4v) is 6.79. The lowest BCUT2D eigenvalue weighted by molar-refractivity contribution is -0.139.